The second-order valence-corrected chi connectivity index (χ2v) is 18.5. The number of pyridine rings is 2. The first kappa shape index (κ1) is 54.0. The Labute approximate surface area is 384 Å². The van der Waals surface area contributed by atoms with Crippen molar-refractivity contribution in [3.05, 3.63) is 95.6 Å². The van der Waals surface area contributed by atoms with E-state index in [0.717, 1.165) is 70.2 Å². The zero-order valence-electron chi connectivity index (χ0n) is 38.8. The molecule has 2 heterocycles. The van der Waals surface area contributed by atoms with Gasteiger partial charge in [0.2, 0.25) is 0 Å². The van der Waals surface area contributed by atoms with Crippen molar-refractivity contribution in [3.63, 3.8) is 0 Å². The van der Waals surface area contributed by atoms with Crippen molar-refractivity contribution < 1.29 is 42.1 Å². The molecule has 61 heavy (non-hydrogen) atoms. The van der Waals surface area contributed by atoms with E-state index in [0.29, 0.717) is 25.2 Å². The number of aromatic nitrogens is 2. The standard InChI is InChI=1S/2C22H30N2O.2C4H9O.Ti/c2*1-22(2,3)20-14-17(16-9-11-23-12-10-16)13-18(21(20)25)15-24-19-7-5-4-6-8-19;2*1-2-3-4-5;/h2*9-14,19,24-25H,4-8,15H2,1-3H3;2*2-4H2,1H3;/q;;2*-1;+4/p-2. The number of benzene rings is 2. The fourth-order valence-electron chi connectivity index (χ4n) is 7.59. The van der Waals surface area contributed by atoms with Crippen molar-refractivity contribution in [1.29, 1.82) is 0 Å². The van der Waals surface area contributed by atoms with Gasteiger partial charge in [-0.2, -0.15) is 0 Å². The molecular formula is C52H76N4O4Ti. The minimum atomic E-state index is -0.167. The molecule has 6 rings (SSSR count). The summed E-state index contributed by atoms with van der Waals surface area (Å²) in [4.78, 5) is 8.21. The van der Waals surface area contributed by atoms with Gasteiger partial charge in [-0.15, -0.1) is 24.7 Å². The van der Waals surface area contributed by atoms with Crippen LogP contribution in [-0.4, -0.2) is 35.3 Å². The Morgan fingerprint density at radius 1 is 0.525 bits per heavy atom. The molecule has 0 amide bonds. The number of unbranched alkanes of at least 4 members (excludes halogenated alkanes) is 2. The Morgan fingerprint density at radius 3 is 1.11 bits per heavy atom. The van der Waals surface area contributed by atoms with Crippen molar-refractivity contribution in [2.45, 2.75) is 181 Å². The van der Waals surface area contributed by atoms with E-state index in [1.807, 2.05) is 38.1 Å². The molecule has 8 nitrogen and oxygen atoms in total. The summed E-state index contributed by atoms with van der Waals surface area (Å²) >= 11 is 0. The van der Waals surface area contributed by atoms with E-state index in [4.69, 9.17) is 0 Å². The van der Waals surface area contributed by atoms with E-state index in [9.17, 15) is 20.4 Å². The van der Waals surface area contributed by atoms with Crippen LogP contribution in [0.3, 0.4) is 0 Å². The summed E-state index contributed by atoms with van der Waals surface area (Å²) < 4.78 is 0. The molecule has 2 N–H and O–H groups in total. The third-order valence-electron chi connectivity index (χ3n) is 11.3. The Hall–Kier alpha value is -3.11. The van der Waals surface area contributed by atoms with E-state index >= 15 is 0 Å². The van der Waals surface area contributed by atoms with E-state index in [2.05, 4.69) is 86.4 Å². The number of hydrogen-bond donors (Lipinski definition) is 2. The summed E-state index contributed by atoms with van der Waals surface area (Å²) in [6.07, 6.45) is 23.7. The van der Waals surface area contributed by atoms with Gasteiger partial charge in [0.15, 0.2) is 0 Å². The van der Waals surface area contributed by atoms with Crippen LogP contribution in [0.1, 0.15) is 168 Å². The predicted molar refractivity (Wildman–Crippen MR) is 243 cm³/mol. The Kier molecular flexibility index (Phi) is 25.3. The second-order valence-electron chi connectivity index (χ2n) is 18.5. The van der Waals surface area contributed by atoms with Crippen LogP contribution in [0.4, 0.5) is 0 Å². The van der Waals surface area contributed by atoms with Crippen molar-refractivity contribution in [2.24, 2.45) is 0 Å². The largest absolute Gasteiger partial charge is 4.00 e. The maximum atomic E-state index is 13.0. The van der Waals surface area contributed by atoms with Gasteiger partial charge in [-0.25, -0.2) is 0 Å². The van der Waals surface area contributed by atoms with E-state index < -0.39 is 0 Å². The van der Waals surface area contributed by atoms with E-state index in [1.165, 1.54) is 64.2 Å². The minimum absolute atomic E-state index is 0. The average molecular weight is 869 g/mol. The summed E-state index contributed by atoms with van der Waals surface area (Å²) in [7, 11) is 0. The first-order valence-corrected chi connectivity index (χ1v) is 22.9. The Balaban J connectivity index is 0.000000340. The Bertz CT molecular complexity index is 1630. The topological polar surface area (TPSA) is 142 Å². The van der Waals surface area contributed by atoms with Crippen LogP contribution in [0.15, 0.2) is 73.3 Å². The van der Waals surface area contributed by atoms with Crippen molar-refractivity contribution in [3.8, 4) is 33.8 Å². The predicted octanol–water partition coefficient (Wildman–Crippen LogP) is 9.38. The summed E-state index contributed by atoms with van der Waals surface area (Å²) in [6, 6.07) is 17.4. The summed E-state index contributed by atoms with van der Waals surface area (Å²) in [5.41, 5.74) is 7.64. The van der Waals surface area contributed by atoms with Gasteiger partial charge in [0.1, 0.15) is 0 Å². The zero-order chi connectivity index (χ0) is 44.0. The fourth-order valence-corrected chi connectivity index (χ4v) is 7.59. The molecule has 0 spiro atoms. The molecule has 2 aliphatic carbocycles. The van der Waals surface area contributed by atoms with Crippen LogP contribution < -0.4 is 31.1 Å². The van der Waals surface area contributed by atoms with Crippen LogP contribution in [0.2, 0.25) is 0 Å². The van der Waals surface area contributed by atoms with Gasteiger partial charge in [0, 0.05) is 50.0 Å². The van der Waals surface area contributed by atoms with Crippen molar-refractivity contribution in [2.75, 3.05) is 13.2 Å². The van der Waals surface area contributed by atoms with Gasteiger partial charge >= 0.3 is 21.7 Å². The van der Waals surface area contributed by atoms with Crippen LogP contribution in [0, 0.1) is 0 Å². The molecule has 0 radical (unpaired) electrons. The first-order valence-electron chi connectivity index (χ1n) is 22.9. The molecule has 0 saturated heterocycles. The molecule has 332 valence electrons. The molecule has 0 atom stereocenters. The van der Waals surface area contributed by atoms with Gasteiger partial charge in [0.05, 0.1) is 0 Å². The molecule has 0 unspecified atom stereocenters. The summed E-state index contributed by atoms with van der Waals surface area (Å²) in [5, 5.41) is 52.3. The van der Waals surface area contributed by atoms with E-state index in [-0.39, 0.29) is 57.3 Å². The number of nitrogens with one attached hydrogen (secondary N) is 2. The van der Waals surface area contributed by atoms with Gasteiger partial charge < -0.3 is 31.1 Å². The second kappa shape index (κ2) is 28.6. The smallest absolute Gasteiger partial charge is 0.872 e. The average Bonchev–Trinajstić information content (AvgIpc) is 3.25. The maximum Gasteiger partial charge on any atom is 4.00 e. The zero-order valence-corrected chi connectivity index (χ0v) is 40.4. The van der Waals surface area contributed by atoms with Crippen LogP contribution in [0.25, 0.3) is 22.3 Å². The Morgan fingerprint density at radius 2 is 0.852 bits per heavy atom. The van der Waals surface area contributed by atoms with E-state index in [1.54, 1.807) is 24.8 Å². The van der Waals surface area contributed by atoms with Gasteiger partial charge in [-0.3, -0.25) is 9.97 Å². The number of hydrogen-bond acceptors (Lipinski definition) is 8. The molecule has 2 aliphatic rings. The number of rotatable bonds is 12. The minimum Gasteiger partial charge on any atom is -0.872 e. The molecule has 4 aromatic rings. The molecule has 0 aliphatic heterocycles. The van der Waals surface area contributed by atoms with Crippen LogP contribution >= 0.6 is 0 Å². The number of nitrogens with zero attached hydrogens (tertiary/aromatic N) is 2. The quantitative estimate of drug-likeness (QED) is 0.134. The molecule has 0 bridgehead atoms. The third kappa shape index (κ3) is 19.0. The molecular weight excluding hydrogens is 792 g/mol. The molecule has 2 fully saturated rings. The normalized spacial score (nSPS) is 14.6. The molecule has 2 aromatic heterocycles. The van der Waals surface area contributed by atoms with Gasteiger partial charge in [-0.1, -0.05) is 144 Å². The third-order valence-corrected chi connectivity index (χ3v) is 11.3. The summed E-state index contributed by atoms with van der Waals surface area (Å²) in [6.45, 7) is 18.2. The van der Waals surface area contributed by atoms with Crippen LogP contribution in [0.5, 0.6) is 11.5 Å². The fraction of sp³-hybridized carbons (Fsp3) is 0.577. The SMILES string of the molecule is CC(C)(C)c1cc(-c2ccncc2)cc(CNC2CCCCC2)c1[O-].CC(C)(C)c1cc(-c2ccncc2)cc(CNC2CCCCC2)c1[O-].CCCC[O-].CCCC[O-].[Ti+4]. The summed E-state index contributed by atoms with van der Waals surface area (Å²) in [5.74, 6) is 0.377. The van der Waals surface area contributed by atoms with Crippen molar-refractivity contribution in [1.82, 2.24) is 20.6 Å². The molecule has 2 aromatic carbocycles. The van der Waals surface area contributed by atoms with Gasteiger partial charge in [-0.05, 0) is 105 Å². The first-order chi connectivity index (χ1) is 28.7. The molecule has 9 heteroatoms. The van der Waals surface area contributed by atoms with Gasteiger partial charge in [0.25, 0.3) is 0 Å². The van der Waals surface area contributed by atoms with Crippen LogP contribution in [-0.2, 0) is 45.6 Å². The monoisotopic (exact) mass is 869 g/mol. The van der Waals surface area contributed by atoms with Crippen molar-refractivity contribution >= 4 is 0 Å². The maximum absolute atomic E-state index is 13.0. The molecule has 2 saturated carbocycles.